The van der Waals surface area contributed by atoms with Crippen molar-refractivity contribution in [3.8, 4) is 0 Å². The molecule has 1 aromatic carbocycles. The number of carbonyl (C=O) groups excluding carboxylic acids is 1. The lowest BCUT2D eigenvalue weighted by atomic mass is 10.2. The Morgan fingerprint density at radius 2 is 2.00 bits per heavy atom. The van der Waals surface area contributed by atoms with Crippen LogP contribution in [0.4, 0.5) is 13.2 Å². The van der Waals surface area contributed by atoms with Gasteiger partial charge in [-0.15, -0.1) is 0 Å². The van der Waals surface area contributed by atoms with E-state index in [9.17, 15) is 18.0 Å². The zero-order valence-electron chi connectivity index (χ0n) is 10.7. The summed E-state index contributed by atoms with van der Waals surface area (Å²) < 4.78 is 37.0. The number of rotatable bonds is 5. The van der Waals surface area contributed by atoms with E-state index in [2.05, 4.69) is 0 Å². The van der Waals surface area contributed by atoms with Crippen LogP contribution in [0.2, 0.25) is 10.0 Å². The van der Waals surface area contributed by atoms with Crippen LogP contribution in [0.1, 0.15) is 5.56 Å². The van der Waals surface area contributed by atoms with Crippen molar-refractivity contribution in [2.45, 2.75) is 6.18 Å². The second-order valence-electron chi connectivity index (χ2n) is 4.10. The van der Waals surface area contributed by atoms with Gasteiger partial charge in [0.05, 0.1) is 6.61 Å². The summed E-state index contributed by atoms with van der Waals surface area (Å²) in [4.78, 5) is 12.2. The van der Waals surface area contributed by atoms with Crippen molar-refractivity contribution in [1.29, 1.82) is 0 Å². The van der Waals surface area contributed by atoms with E-state index < -0.39 is 31.8 Å². The summed E-state index contributed by atoms with van der Waals surface area (Å²) in [5, 5.41) is 9.42. The first-order valence-electron chi connectivity index (χ1n) is 5.82. The van der Waals surface area contributed by atoms with Crippen molar-refractivity contribution in [2.24, 2.45) is 0 Å². The van der Waals surface area contributed by atoms with Crippen LogP contribution >= 0.6 is 23.2 Å². The minimum Gasteiger partial charge on any atom is -0.395 e. The largest absolute Gasteiger partial charge is 0.406 e. The standard InChI is InChI=1S/C13H12Cl2F3NO2/c14-10-2-3-11(15)9(7-10)1-4-12(21)19(5-6-20)8-13(16,17)18/h1-4,7,20H,5-6,8H2/b4-1+. The molecule has 1 N–H and O–H groups in total. The van der Waals surface area contributed by atoms with E-state index in [1.807, 2.05) is 0 Å². The number of hydrogen-bond acceptors (Lipinski definition) is 2. The lowest BCUT2D eigenvalue weighted by Crippen LogP contribution is -2.39. The first-order valence-corrected chi connectivity index (χ1v) is 6.58. The van der Waals surface area contributed by atoms with Crippen LogP contribution in [-0.4, -0.2) is 41.8 Å². The van der Waals surface area contributed by atoms with E-state index >= 15 is 0 Å². The molecule has 3 nitrogen and oxygen atoms in total. The van der Waals surface area contributed by atoms with Crippen LogP contribution in [0, 0.1) is 0 Å². The molecule has 1 amide bonds. The predicted molar refractivity (Wildman–Crippen MR) is 75.2 cm³/mol. The summed E-state index contributed by atoms with van der Waals surface area (Å²) in [6, 6.07) is 4.54. The Morgan fingerprint density at radius 1 is 1.33 bits per heavy atom. The smallest absolute Gasteiger partial charge is 0.395 e. The predicted octanol–water partition coefficient (Wildman–Crippen LogP) is 3.39. The third-order valence-corrected chi connectivity index (χ3v) is 2.99. The molecule has 116 valence electrons. The molecule has 0 atom stereocenters. The summed E-state index contributed by atoms with van der Waals surface area (Å²) in [7, 11) is 0. The van der Waals surface area contributed by atoms with Gasteiger partial charge >= 0.3 is 6.18 Å². The molecule has 0 heterocycles. The highest BCUT2D eigenvalue weighted by atomic mass is 35.5. The maximum absolute atomic E-state index is 12.3. The summed E-state index contributed by atoms with van der Waals surface area (Å²) in [5.74, 6) is -0.877. The quantitative estimate of drug-likeness (QED) is 0.834. The molecule has 0 fully saturated rings. The second-order valence-corrected chi connectivity index (χ2v) is 4.94. The van der Waals surface area contributed by atoms with Crippen molar-refractivity contribution in [3.05, 3.63) is 39.9 Å². The van der Waals surface area contributed by atoms with Gasteiger partial charge in [-0.3, -0.25) is 4.79 Å². The fraction of sp³-hybridized carbons (Fsp3) is 0.308. The number of halogens is 5. The Labute approximate surface area is 129 Å². The number of aliphatic hydroxyl groups is 1. The lowest BCUT2D eigenvalue weighted by Gasteiger charge is -2.21. The number of benzene rings is 1. The van der Waals surface area contributed by atoms with Gasteiger partial charge < -0.3 is 10.0 Å². The van der Waals surface area contributed by atoms with Gasteiger partial charge in [0, 0.05) is 22.7 Å². The molecule has 0 saturated heterocycles. The molecule has 1 aromatic rings. The van der Waals surface area contributed by atoms with Crippen LogP contribution in [-0.2, 0) is 4.79 Å². The van der Waals surface area contributed by atoms with Gasteiger partial charge in [-0.1, -0.05) is 23.2 Å². The van der Waals surface area contributed by atoms with E-state index in [1.165, 1.54) is 18.2 Å². The van der Waals surface area contributed by atoms with E-state index in [-0.39, 0.29) is 0 Å². The normalized spacial score (nSPS) is 11.9. The van der Waals surface area contributed by atoms with Gasteiger partial charge in [-0.05, 0) is 29.8 Å². The molecule has 8 heteroatoms. The van der Waals surface area contributed by atoms with Crippen molar-refractivity contribution in [2.75, 3.05) is 19.7 Å². The molecular formula is C13H12Cl2F3NO2. The van der Waals surface area contributed by atoms with Crippen LogP contribution in [0.3, 0.4) is 0 Å². The first kappa shape index (κ1) is 17.8. The number of amides is 1. The van der Waals surface area contributed by atoms with E-state index in [1.54, 1.807) is 6.07 Å². The van der Waals surface area contributed by atoms with Gasteiger partial charge in [-0.25, -0.2) is 0 Å². The first-order chi connectivity index (χ1) is 9.73. The molecule has 1 rings (SSSR count). The Morgan fingerprint density at radius 3 is 2.57 bits per heavy atom. The monoisotopic (exact) mass is 341 g/mol. The van der Waals surface area contributed by atoms with Crippen molar-refractivity contribution >= 4 is 35.2 Å². The molecule has 0 unspecified atom stereocenters. The SMILES string of the molecule is O=C(/C=C/c1cc(Cl)ccc1Cl)N(CCO)CC(F)(F)F. The third-order valence-electron chi connectivity index (χ3n) is 2.42. The zero-order valence-corrected chi connectivity index (χ0v) is 12.2. The van der Waals surface area contributed by atoms with Crippen molar-refractivity contribution < 1.29 is 23.1 Å². The van der Waals surface area contributed by atoms with Crippen LogP contribution in [0.25, 0.3) is 6.08 Å². The van der Waals surface area contributed by atoms with Gasteiger partial charge in [0.2, 0.25) is 5.91 Å². The molecule has 0 saturated carbocycles. The number of nitrogens with zero attached hydrogens (tertiary/aromatic N) is 1. The summed E-state index contributed by atoms with van der Waals surface area (Å²) in [6.45, 7) is -2.40. The highest BCUT2D eigenvalue weighted by molar-refractivity contribution is 6.34. The summed E-state index contributed by atoms with van der Waals surface area (Å²) in [5.41, 5.74) is 0.411. The van der Waals surface area contributed by atoms with Crippen LogP contribution in [0.5, 0.6) is 0 Å². The third kappa shape index (κ3) is 6.37. The van der Waals surface area contributed by atoms with Crippen molar-refractivity contribution in [3.63, 3.8) is 0 Å². The highest BCUT2D eigenvalue weighted by Crippen LogP contribution is 2.22. The average molecular weight is 342 g/mol. The van der Waals surface area contributed by atoms with E-state index in [0.29, 0.717) is 20.5 Å². The minimum absolute atomic E-state index is 0.313. The van der Waals surface area contributed by atoms with Gasteiger partial charge in [0.1, 0.15) is 6.54 Å². The molecule has 0 aliphatic rings. The summed E-state index contributed by atoms with van der Waals surface area (Å²) in [6.07, 6.45) is -2.30. The van der Waals surface area contributed by atoms with E-state index in [4.69, 9.17) is 28.3 Å². The minimum atomic E-state index is -4.54. The van der Waals surface area contributed by atoms with E-state index in [0.717, 1.165) is 6.08 Å². The molecule has 0 spiro atoms. The molecular weight excluding hydrogens is 330 g/mol. The molecule has 0 radical (unpaired) electrons. The molecule has 0 aliphatic heterocycles. The van der Waals surface area contributed by atoms with Gasteiger partial charge in [0.15, 0.2) is 0 Å². The lowest BCUT2D eigenvalue weighted by molar-refractivity contribution is -0.158. The molecule has 21 heavy (non-hydrogen) atoms. The van der Waals surface area contributed by atoms with Crippen LogP contribution in [0.15, 0.2) is 24.3 Å². The molecule has 0 bridgehead atoms. The fourth-order valence-corrected chi connectivity index (χ4v) is 1.87. The average Bonchev–Trinajstić information content (AvgIpc) is 2.37. The number of aliphatic hydroxyl groups excluding tert-OH is 1. The highest BCUT2D eigenvalue weighted by Gasteiger charge is 2.32. The second kappa shape index (κ2) is 7.68. The van der Waals surface area contributed by atoms with Crippen LogP contribution < -0.4 is 0 Å². The zero-order chi connectivity index (χ0) is 16.0. The summed E-state index contributed by atoms with van der Waals surface area (Å²) >= 11 is 11.6. The van der Waals surface area contributed by atoms with Gasteiger partial charge in [0.25, 0.3) is 0 Å². The Balaban J connectivity index is 2.85. The maximum Gasteiger partial charge on any atom is 0.406 e. The Kier molecular flexibility index (Phi) is 6.51. The number of hydrogen-bond donors (Lipinski definition) is 1. The number of alkyl halides is 3. The molecule has 0 aromatic heterocycles. The number of carbonyl (C=O) groups is 1. The Bertz CT molecular complexity index is 533. The van der Waals surface area contributed by atoms with Gasteiger partial charge in [-0.2, -0.15) is 13.2 Å². The molecule has 0 aliphatic carbocycles. The topological polar surface area (TPSA) is 40.5 Å². The maximum atomic E-state index is 12.3. The van der Waals surface area contributed by atoms with Crippen molar-refractivity contribution in [1.82, 2.24) is 4.90 Å². The Hall–Kier alpha value is -1.24. The fourth-order valence-electron chi connectivity index (χ4n) is 1.51.